The van der Waals surface area contributed by atoms with E-state index >= 15 is 0 Å². The van der Waals surface area contributed by atoms with Crippen LogP contribution in [0.4, 0.5) is 11.5 Å². The predicted molar refractivity (Wildman–Crippen MR) is 80.3 cm³/mol. The molecule has 0 radical (unpaired) electrons. The highest BCUT2D eigenvalue weighted by molar-refractivity contribution is 7.80. The van der Waals surface area contributed by atoms with E-state index < -0.39 is 0 Å². The Morgan fingerprint density at radius 1 is 0.947 bits per heavy atom. The second-order valence-electron chi connectivity index (χ2n) is 3.97. The summed E-state index contributed by atoms with van der Waals surface area (Å²) >= 11 is 5.24. The van der Waals surface area contributed by atoms with E-state index in [0.717, 1.165) is 16.7 Å². The molecule has 1 aromatic heterocycles. The average molecular weight is 269 g/mol. The standard InChI is InChI=1S/C14H11N3OS/c19-14(15-10-6-2-1-3-7-10)16-13-11-8-4-5-9-12(11)18-17-13/h1-9H,(H2,15,16,17,19). The van der Waals surface area contributed by atoms with E-state index in [1.165, 1.54) is 0 Å². The Labute approximate surface area is 115 Å². The molecule has 0 atom stereocenters. The van der Waals surface area contributed by atoms with Crippen molar-refractivity contribution in [3.63, 3.8) is 0 Å². The Morgan fingerprint density at radius 3 is 2.53 bits per heavy atom. The minimum absolute atomic E-state index is 0.477. The van der Waals surface area contributed by atoms with Gasteiger partial charge in [-0.2, -0.15) is 0 Å². The molecule has 5 heteroatoms. The van der Waals surface area contributed by atoms with Crippen LogP contribution in [-0.4, -0.2) is 10.3 Å². The van der Waals surface area contributed by atoms with Gasteiger partial charge in [0.05, 0.1) is 5.39 Å². The van der Waals surface area contributed by atoms with Gasteiger partial charge >= 0.3 is 0 Å². The van der Waals surface area contributed by atoms with Crippen molar-refractivity contribution in [2.45, 2.75) is 0 Å². The molecule has 4 nitrogen and oxygen atoms in total. The summed E-state index contributed by atoms with van der Waals surface area (Å²) in [5, 5.41) is 11.5. The van der Waals surface area contributed by atoms with Gasteiger partial charge in [-0.15, -0.1) is 0 Å². The lowest BCUT2D eigenvalue weighted by Crippen LogP contribution is -2.19. The smallest absolute Gasteiger partial charge is 0.183 e. The first-order chi connectivity index (χ1) is 9.33. The number of nitrogens with zero attached hydrogens (tertiary/aromatic N) is 1. The molecule has 2 aromatic carbocycles. The van der Waals surface area contributed by atoms with Gasteiger partial charge in [-0.05, 0) is 36.5 Å². The highest BCUT2D eigenvalue weighted by Gasteiger charge is 2.08. The number of para-hydroxylation sites is 2. The van der Waals surface area contributed by atoms with Crippen LogP contribution in [-0.2, 0) is 0 Å². The van der Waals surface area contributed by atoms with E-state index in [1.54, 1.807) is 0 Å². The van der Waals surface area contributed by atoms with Gasteiger partial charge < -0.3 is 15.2 Å². The Morgan fingerprint density at radius 2 is 1.68 bits per heavy atom. The first kappa shape index (κ1) is 11.7. The molecule has 1 heterocycles. The Balaban J connectivity index is 1.76. The van der Waals surface area contributed by atoms with Gasteiger partial charge in [0.25, 0.3) is 0 Å². The number of fused-ring (bicyclic) bond motifs is 1. The second-order valence-corrected chi connectivity index (χ2v) is 4.38. The molecule has 0 aliphatic carbocycles. The van der Waals surface area contributed by atoms with Gasteiger partial charge in [0.2, 0.25) is 0 Å². The number of aromatic nitrogens is 1. The third kappa shape index (κ3) is 2.56. The zero-order valence-corrected chi connectivity index (χ0v) is 10.8. The monoisotopic (exact) mass is 269 g/mol. The molecule has 0 saturated carbocycles. The lowest BCUT2D eigenvalue weighted by Gasteiger charge is -2.07. The van der Waals surface area contributed by atoms with Gasteiger partial charge in [-0.25, -0.2) is 0 Å². The third-order valence-electron chi connectivity index (χ3n) is 2.64. The Kier molecular flexibility index (Phi) is 3.12. The Hall–Kier alpha value is -2.40. The number of thiocarbonyl (C=S) groups is 1. The summed E-state index contributed by atoms with van der Waals surface area (Å²) < 4.78 is 5.20. The molecule has 3 aromatic rings. The van der Waals surface area contributed by atoms with E-state index in [2.05, 4.69) is 15.8 Å². The van der Waals surface area contributed by atoms with Crippen molar-refractivity contribution in [1.82, 2.24) is 5.16 Å². The first-order valence-corrected chi connectivity index (χ1v) is 6.21. The van der Waals surface area contributed by atoms with E-state index in [9.17, 15) is 0 Å². The second kappa shape index (κ2) is 5.07. The Bertz CT molecular complexity index is 709. The maximum Gasteiger partial charge on any atom is 0.183 e. The lowest BCUT2D eigenvalue weighted by molar-refractivity contribution is 0.460. The summed E-state index contributed by atoms with van der Waals surface area (Å²) in [5.74, 6) is 0.615. The van der Waals surface area contributed by atoms with Crippen molar-refractivity contribution in [2.75, 3.05) is 10.6 Å². The van der Waals surface area contributed by atoms with Crippen molar-refractivity contribution >= 4 is 39.8 Å². The molecule has 0 amide bonds. The van der Waals surface area contributed by atoms with Crippen LogP contribution >= 0.6 is 12.2 Å². The lowest BCUT2D eigenvalue weighted by atomic mass is 10.2. The van der Waals surface area contributed by atoms with Crippen LogP contribution < -0.4 is 10.6 Å². The number of hydrogen-bond acceptors (Lipinski definition) is 3. The summed E-state index contributed by atoms with van der Waals surface area (Å²) in [6.45, 7) is 0. The highest BCUT2D eigenvalue weighted by atomic mass is 32.1. The fourth-order valence-corrected chi connectivity index (χ4v) is 1.98. The summed E-state index contributed by atoms with van der Waals surface area (Å²) in [6, 6.07) is 17.3. The molecule has 0 unspecified atom stereocenters. The van der Waals surface area contributed by atoms with Gasteiger partial charge in [-0.3, -0.25) is 0 Å². The molecule has 0 spiro atoms. The van der Waals surface area contributed by atoms with Crippen LogP contribution in [0.3, 0.4) is 0 Å². The minimum Gasteiger partial charge on any atom is -0.354 e. The van der Waals surface area contributed by atoms with E-state index in [4.69, 9.17) is 16.7 Å². The van der Waals surface area contributed by atoms with Gasteiger partial charge in [0.15, 0.2) is 16.5 Å². The first-order valence-electron chi connectivity index (χ1n) is 5.80. The summed E-state index contributed by atoms with van der Waals surface area (Å²) in [7, 11) is 0. The zero-order valence-electron chi connectivity index (χ0n) is 9.96. The number of hydrogen-bond donors (Lipinski definition) is 2. The van der Waals surface area contributed by atoms with Gasteiger partial charge in [0, 0.05) is 5.69 Å². The average Bonchev–Trinajstić information content (AvgIpc) is 2.83. The summed E-state index contributed by atoms with van der Waals surface area (Å²) in [5.41, 5.74) is 1.65. The van der Waals surface area contributed by atoms with Crippen LogP contribution in [0.25, 0.3) is 11.0 Å². The number of nitrogens with one attached hydrogen (secondary N) is 2. The van der Waals surface area contributed by atoms with Crippen molar-refractivity contribution in [1.29, 1.82) is 0 Å². The molecular weight excluding hydrogens is 258 g/mol. The topological polar surface area (TPSA) is 50.1 Å². The molecule has 2 N–H and O–H groups in total. The molecule has 0 aliphatic rings. The molecule has 0 saturated heterocycles. The van der Waals surface area contributed by atoms with Crippen LogP contribution in [0.1, 0.15) is 0 Å². The molecule has 94 valence electrons. The van der Waals surface area contributed by atoms with Crippen molar-refractivity contribution in [2.24, 2.45) is 0 Å². The number of anilines is 2. The summed E-state index contributed by atoms with van der Waals surface area (Å²) in [6.07, 6.45) is 0. The molecule has 0 fully saturated rings. The quantitative estimate of drug-likeness (QED) is 0.696. The van der Waals surface area contributed by atoms with E-state index in [-0.39, 0.29) is 0 Å². The SMILES string of the molecule is S=C(Nc1ccccc1)Nc1noc2ccccc12. The fraction of sp³-hybridized carbons (Fsp3) is 0. The molecular formula is C14H11N3OS. The zero-order chi connectivity index (χ0) is 13.1. The van der Waals surface area contributed by atoms with Crippen LogP contribution in [0.5, 0.6) is 0 Å². The fourth-order valence-electron chi connectivity index (χ4n) is 1.77. The number of rotatable bonds is 2. The number of benzene rings is 2. The maximum atomic E-state index is 5.24. The molecule has 3 rings (SSSR count). The van der Waals surface area contributed by atoms with Crippen LogP contribution in [0.2, 0.25) is 0 Å². The molecule has 0 bridgehead atoms. The molecule has 0 aliphatic heterocycles. The highest BCUT2D eigenvalue weighted by Crippen LogP contribution is 2.22. The minimum atomic E-state index is 0.477. The van der Waals surface area contributed by atoms with Crippen LogP contribution in [0, 0.1) is 0 Å². The van der Waals surface area contributed by atoms with E-state index in [1.807, 2.05) is 54.6 Å². The van der Waals surface area contributed by atoms with Gasteiger partial charge in [-0.1, -0.05) is 35.5 Å². The predicted octanol–water partition coefficient (Wildman–Crippen LogP) is 3.64. The van der Waals surface area contributed by atoms with Crippen molar-refractivity contribution in [3.8, 4) is 0 Å². The largest absolute Gasteiger partial charge is 0.354 e. The maximum absolute atomic E-state index is 5.24. The van der Waals surface area contributed by atoms with Crippen LogP contribution in [0.15, 0.2) is 59.1 Å². The van der Waals surface area contributed by atoms with Gasteiger partial charge in [0.1, 0.15) is 0 Å². The van der Waals surface area contributed by atoms with E-state index in [0.29, 0.717) is 10.9 Å². The molecule has 19 heavy (non-hydrogen) atoms. The summed E-state index contributed by atoms with van der Waals surface area (Å²) in [4.78, 5) is 0. The normalized spacial score (nSPS) is 10.3. The third-order valence-corrected chi connectivity index (χ3v) is 2.85. The van der Waals surface area contributed by atoms with Crippen molar-refractivity contribution in [3.05, 3.63) is 54.6 Å². The van der Waals surface area contributed by atoms with Crippen molar-refractivity contribution < 1.29 is 4.52 Å².